The number of fused-ring (bicyclic) bond motifs is 3. The number of hydrogen-bond acceptors (Lipinski definition) is 4. The number of nitrogens with zero attached hydrogens (tertiary/aromatic N) is 1. The molecule has 0 spiro atoms. The Kier molecular flexibility index (Phi) is 4.19. The maximum absolute atomic E-state index is 12.7. The molecule has 3 saturated heterocycles. The summed E-state index contributed by atoms with van der Waals surface area (Å²) in [6.45, 7) is 5.02. The van der Waals surface area contributed by atoms with Crippen LogP contribution in [-0.4, -0.2) is 43.6 Å². The smallest absolute Gasteiger partial charge is 0.255 e. The quantitative estimate of drug-likeness (QED) is 0.836. The zero-order chi connectivity index (χ0) is 15.9. The molecule has 4 rings (SSSR count). The summed E-state index contributed by atoms with van der Waals surface area (Å²) in [7, 11) is 1.52. The lowest BCUT2D eigenvalue weighted by atomic mass is 9.84. The van der Waals surface area contributed by atoms with E-state index in [1.54, 1.807) is 6.07 Å². The number of carbonyl (C=O) groups excluding carboxylic acids is 1. The third-order valence-electron chi connectivity index (χ3n) is 4.94. The van der Waals surface area contributed by atoms with Crippen LogP contribution in [0.5, 0.6) is 5.75 Å². The lowest BCUT2D eigenvalue weighted by Crippen LogP contribution is -2.57. The lowest BCUT2D eigenvalue weighted by molar-refractivity contribution is 0.0619. The Morgan fingerprint density at radius 3 is 2.68 bits per heavy atom. The van der Waals surface area contributed by atoms with Crippen LogP contribution in [0.2, 0.25) is 5.02 Å². The molecule has 2 bridgehead atoms. The summed E-state index contributed by atoms with van der Waals surface area (Å²) in [5.41, 5.74) is 7.60. The van der Waals surface area contributed by atoms with Crippen molar-refractivity contribution < 1.29 is 9.53 Å². The van der Waals surface area contributed by atoms with Gasteiger partial charge in [-0.1, -0.05) is 11.6 Å². The summed E-state index contributed by atoms with van der Waals surface area (Å²) in [4.78, 5) is 15.1. The SMILES string of the molecule is COc1c(C(=O)NC2CN3CCC2CC3)cc(Cl)c(C)c1N. The molecule has 6 heteroatoms. The van der Waals surface area contributed by atoms with Crippen LogP contribution >= 0.6 is 11.6 Å². The first-order valence-electron chi connectivity index (χ1n) is 7.67. The summed E-state index contributed by atoms with van der Waals surface area (Å²) >= 11 is 6.17. The molecule has 3 aliphatic rings. The number of nitrogens with two attached hydrogens (primary N) is 1. The van der Waals surface area contributed by atoms with E-state index in [0.29, 0.717) is 27.9 Å². The Hall–Kier alpha value is -1.46. The van der Waals surface area contributed by atoms with Gasteiger partial charge in [0.1, 0.15) is 0 Å². The predicted octanol–water partition coefficient (Wildman–Crippen LogP) is 2.06. The number of hydrogen-bond donors (Lipinski definition) is 2. The van der Waals surface area contributed by atoms with Crippen molar-refractivity contribution in [2.45, 2.75) is 25.8 Å². The molecule has 0 aliphatic carbocycles. The van der Waals surface area contributed by atoms with Gasteiger partial charge in [-0.25, -0.2) is 0 Å². The molecule has 5 nitrogen and oxygen atoms in total. The molecule has 1 aromatic rings. The highest BCUT2D eigenvalue weighted by Crippen LogP contribution is 2.35. The van der Waals surface area contributed by atoms with E-state index < -0.39 is 0 Å². The number of benzene rings is 1. The molecule has 1 unspecified atom stereocenters. The van der Waals surface area contributed by atoms with Crippen molar-refractivity contribution in [3.05, 3.63) is 22.2 Å². The third-order valence-corrected chi connectivity index (χ3v) is 5.34. The van der Waals surface area contributed by atoms with Crippen molar-refractivity contribution >= 4 is 23.2 Å². The van der Waals surface area contributed by atoms with Gasteiger partial charge in [-0.3, -0.25) is 4.79 Å². The minimum Gasteiger partial charge on any atom is -0.494 e. The molecule has 1 aromatic carbocycles. The van der Waals surface area contributed by atoms with Crippen molar-refractivity contribution in [3.63, 3.8) is 0 Å². The topological polar surface area (TPSA) is 67.6 Å². The molecule has 120 valence electrons. The summed E-state index contributed by atoms with van der Waals surface area (Å²) in [5.74, 6) is 0.808. The van der Waals surface area contributed by atoms with Crippen LogP contribution < -0.4 is 15.8 Å². The summed E-state index contributed by atoms with van der Waals surface area (Å²) in [6, 6.07) is 1.84. The molecule has 3 N–H and O–H groups in total. The first-order valence-corrected chi connectivity index (χ1v) is 8.04. The Bertz CT molecular complexity index is 598. The standard InChI is InChI=1S/C16H22ClN3O2/c1-9-12(17)7-11(15(22-2)14(9)18)16(21)19-13-8-20-5-3-10(13)4-6-20/h7,10,13H,3-6,8,18H2,1-2H3,(H,19,21). The highest BCUT2D eigenvalue weighted by Gasteiger charge is 2.35. The first-order chi connectivity index (χ1) is 10.5. The first kappa shape index (κ1) is 15.4. The van der Waals surface area contributed by atoms with E-state index in [2.05, 4.69) is 10.2 Å². The van der Waals surface area contributed by atoms with E-state index in [0.717, 1.165) is 38.0 Å². The highest BCUT2D eigenvalue weighted by molar-refractivity contribution is 6.32. The van der Waals surface area contributed by atoms with Crippen molar-refractivity contribution in [1.82, 2.24) is 10.2 Å². The summed E-state index contributed by atoms with van der Waals surface area (Å²) < 4.78 is 5.33. The summed E-state index contributed by atoms with van der Waals surface area (Å²) in [6.07, 6.45) is 2.30. The highest BCUT2D eigenvalue weighted by atomic mass is 35.5. The molecule has 3 fully saturated rings. The molecular weight excluding hydrogens is 302 g/mol. The molecule has 3 aliphatic heterocycles. The van der Waals surface area contributed by atoms with Gasteiger partial charge in [-0.2, -0.15) is 0 Å². The van der Waals surface area contributed by atoms with Gasteiger partial charge in [-0.15, -0.1) is 0 Å². The summed E-state index contributed by atoms with van der Waals surface area (Å²) in [5, 5.41) is 3.62. The van der Waals surface area contributed by atoms with Crippen LogP contribution in [0.3, 0.4) is 0 Å². The molecule has 1 atom stereocenters. The molecular formula is C16H22ClN3O2. The van der Waals surface area contributed by atoms with Crippen LogP contribution in [-0.2, 0) is 0 Å². The number of halogens is 1. The Morgan fingerprint density at radius 2 is 2.14 bits per heavy atom. The maximum atomic E-state index is 12.7. The van der Waals surface area contributed by atoms with E-state index in [9.17, 15) is 4.79 Å². The number of nitrogens with one attached hydrogen (secondary N) is 1. The monoisotopic (exact) mass is 323 g/mol. The minimum absolute atomic E-state index is 0.163. The van der Waals surface area contributed by atoms with E-state index in [1.165, 1.54) is 7.11 Å². The Balaban J connectivity index is 1.83. The number of methoxy groups -OCH3 is 1. The average molecular weight is 324 g/mol. The van der Waals surface area contributed by atoms with Crippen LogP contribution in [0.25, 0.3) is 0 Å². The van der Waals surface area contributed by atoms with Gasteiger partial charge in [0.2, 0.25) is 0 Å². The second-order valence-electron chi connectivity index (χ2n) is 6.20. The van der Waals surface area contributed by atoms with Gasteiger partial charge in [0.25, 0.3) is 5.91 Å². The molecule has 22 heavy (non-hydrogen) atoms. The van der Waals surface area contributed by atoms with Crippen molar-refractivity contribution in [2.24, 2.45) is 5.92 Å². The van der Waals surface area contributed by atoms with E-state index in [-0.39, 0.29) is 11.9 Å². The number of nitrogen functional groups attached to an aromatic ring is 1. The average Bonchev–Trinajstić information content (AvgIpc) is 2.53. The van der Waals surface area contributed by atoms with E-state index >= 15 is 0 Å². The maximum Gasteiger partial charge on any atom is 0.255 e. The van der Waals surface area contributed by atoms with Crippen LogP contribution in [0, 0.1) is 12.8 Å². The largest absolute Gasteiger partial charge is 0.494 e. The van der Waals surface area contributed by atoms with Crippen LogP contribution in [0.15, 0.2) is 6.07 Å². The zero-order valence-corrected chi connectivity index (χ0v) is 13.7. The van der Waals surface area contributed by atoms with Crippen molar-refractivity contribution in [1.29, 1.82) is 0 Å². The fourth-order valence-electron chi connectivity index (χ4n) is 3.51. The van der Waals surface area contributed by atoms with Crippen molar-refractivity contribution in [2.75, 3.05) is 32.5 Å². The molecule has 0 radical (unpaired) electrons. The normalized spacial score (nSPS) is 26.8. The number of piperidine rings is 3. The Morgan fingerprint density at radius 1 is 1.45 bits per heavy atom. The van der Waals surface area contributed by atoms with E-state index in [4.69, 9.17) is 22.1 Å². The predicted molar refractivity (Wildman–Crippen MR) is 87.6 cm³/mol. The second kappa shape index (κ2) is 5.97. The van der Waals surface area contributed by atoms with Crippen LogP contribution in [0.1, 0.15) is 28.8 Å². The molecule has 1 amide bonds. The molecule has 0 aromatic heterocycles. The van der Waals surface area contributed by atoms with Gasteiger partial charge in [-0.05, 0) is 50.4 Å². The lowest BCUT2D eigenvalue weighted by Gasteiger charge is -2.44. The third kappa shape index (κ3) is 2.63. The number of carbonyl (C=O) groups is 1. The van der Waals surface area contributed by atoms with Gasteiger partial charge < -0.3 is 20.7 Å². The number of rotatable bonds is 3. The minimum atomic E-state index is -0.163. The van der Waals surface area contributed by atoms with E-state index in [1.807, 2.05) is 6.92 Å². The zero-order valence-electron chi connectivity index (χ0n) is 13.0. The van der Waals surface area contributed by atoms with Gasteiger partial charge in [0.05, 0.1) is 18.4 Å². The number of anilines is 1. The fraction of sp³-hybridized carbons (Fsp3) is 0.562. The van der Waals surface area contributed by atoms with Gasteiger partial charge in [0, 0.05) is 17.6 Å². The van der Waals surface area contributed by atoms with Gasteiger partial charge >= 0.3 is 0 Å². The van der Waals surface area contributed by atoms with Gasteiger partial charge in [0.15, 0.2) is 5.75 Å². The van der Waals surface area contributed by atoms with Crippen molar-refractivity contribution in [3.8, 4) is 5.75 Å². The number of ether oxygens (including phenoxy) is 1. The van der Waals surface area contributed by atoms with Crippen LogP contribution in [0.4, 0.5) is 5.69 Å². The second-order valence-corrected chi connectivity index (χ2v) is 6.60. The fourth-order valence-corrected chi connectivity index (χ4v) is 3.72. The Labute approximate surface area is 135 Å². The molecule has 0 saturated carbocycles. The number of amides is 1. The molecule has 3 heterocycles.